The number of allylic oxidation sites excluding steroid dienone is 1. The number of halogens is 1. The number of likely N-dealkylation sites (N-methyl/N-ethyl adjacent to an activating group) is 2. The average Bonchev–Trinajstić information content (AvgIpc) is 3.00. The predicted octanol–water partition coefficient (Wildman–Crippen LogP) is 4.07. The molecule has 1 amide bonds. The summed E-state index contributed by atoms with van der Waals surface area (Å²) in [6, 6.07) is 12.9. The number of carbonyl (C=O) groups is 1. The Morgan fingerprint density at radius 3 is 2.69 bits per heavy atom. The molecule has 4 nitrogen and oxygen atoms in total. The molecule has 1 aliphatic heterocycles. The molecule has 0 unspecified atom stereocenters. The van der Waals surface area contributed by atoms with Crippen molar-refractivity contribution in [2.45, 2.75) is 26.3 Å². The Hall–Kier alpha value is -2.92. The lowest BCUT2D eigenvalue weighted by molar-refractivity contribution is -0.119. The molecule has 2 heterocycles. The van der Waals surface area contributed by atoms with Crippen molar-refractivity contribution in [2.75, 3.05) is 20.6 Å². The predicted molar refractivity (Wildman–Crippen MR) is 116 cm³/mol. The molecule has 0 bridgehead atoms. The Morgan fingerprint density at radius 1 is 1.21 bits per heavy atom. The summed E-state index contributed by atoms with van der Waals surface area (Å²) in [5.41, 5.74) is 6.90. The molecule has 3 aromatic rings. The first-order valence-electron chi connectivity index (χ1n) is 9.94. The van der Waals surface area contributed by atoms with Gasteiger partial charge in [0.2, 0.25) is 5.91 Å². The van der Waals surface area contributed by atoms with Crippen molar-refractivity contribution in [1.29, 1.82) is 0 Å². The standard InChI is InChI=1S/C24H26FN3O/c1-16(18-5-7-19(25)8-6-18)14-28-22-9-4-17(13-24(29)26-2)12-20(22)21-15-27(3)11-10-23(21)28/h4-9,12,14H,10-11,13,15H2,1-3H3,(H,26,29). The van der Waals surface area contributed by atoms with Gasteiger partial charge in [-0.15, -0.1) is 0 Å². The molecule has 4 rings (SSSR count). The van der Waals surface area contributed by atoms with Crippen LogP contribution in [-0.4, -0.2) is 36.0 Å². The largest absolute Gasteiger partial charge is 0.359 e. The monoisotopic (exact) mass is 391 g/mol. The van der Waals surface area contributed by atoms with E-state index in [1.54, 1.807) is 7.05 Å². The molecule has 0 atom stereocenters. The van der Waals surface area contributed by atoms with Gasteiger partial charge in [-0.2, -0.15) is 0 Å². The lowest BCUT2D eigenvalue weighted by Gasteiger charge is -2.23. The zero-order valence-corrected chi connectivity index (χ0v) is 17.1. The van der Waals surface area contributed by atoms with Crippen LogP contribution in [0.3, 0.4) is 0 Å². The van der Waals surface area contributed by atoms with Gasteiger partial charge in [-0.25, -0.2) is 4.39 Å². The second-order valence-electron chi connectivity index (χ2n) is 7.80. The van der Waals surface area contributed by atoms with Gasteiger partial charge >= 0.3 is 0 Å². The van der Waals surface area contributed by atoms with Gasteiger partial charge in [0.05, 0.1) is 11.9 Å². The third-order valence-electron chi connectivity index (χ3n) is 5.71. The van der Waals surface area contributed by atoms with E-state index in [-0.39, 0.29) is 11.7 Å². The van der Waals surface area contributed by atoms with E-state index in [4.69, 9.17) is 0 Å². The topological polar surface area (TPSA) is 37.3 Å². The smallest absolute Gasteiger partial charge is 0.224 e. The van der Waals surface area contributed by atoms with Gasteiger partial charge in [-0.05, 0) is 60.5 Å². The molecule has 0 aliphatic carbocycles. The van der Waals surface area contributed by atoms with Crippen LogP contribution >= 0.6 is 0 Å². The number of amides is 1. The van der Waals surface area contributed by atoms with Crippen LogP contribution in [0.15, 0.2) is 42.5 Å². The van der Waals surface area contributed by atoms with Crippen molar-refractivity contribution in [2.24, 2.45) is 0 Å². The van der Waals surface area contributed by atoms with E-state index in [0.717, 1.165) is 41.7 Å². The highest BCUT2D eigenvalue weighted by molar-refractivity contribution is 5.91. The van der Waals surface area contributed by atoms with E-state index in [9.17, 15) is 9.18 Å². The first kappa shape index (κ1) is 19.4. The van der Waals surface area contributed by atoms with Crippen LogP contribution in [0.5, 0.6) is 0 Å². The Balaban J connectivity index is 1.84. The van der Waals surface area contributed by atoms with Crippen LogP contribution in [0.1, 0.15) is 29.3 Å². The Labute approximate surface area is 170 Å². The van der Waals surface area contributed by atoms with Crippen LogP contribution < -0.4 is 5.32 Å². The highest BCUT2D eigenvalue weighted by atomic mass is 19.1. The van der Waals surface area contributed by atoms with Crippen molar-refractivity contribution in [3.63, 3.8) is 0 Å². The van der Waals surface area contributed by atoms with E-state index in [1.807, 2.05) is 18.2 Å². The third kappa shape index (κ3) is 3.83. The van der Waals surface area contributed by atoms with Gasteiger partial charge in [0.25, 0.3) is 0 Å². The maximum atomic E-state index is 13.3. The number of hydrogen-bond acceptors (Lipinski definition) is 2. The third-order valence-corrected chi connectivity index (χ3v) is 5.71. The summed E-state index contributed by atoms with van der Waals surface area (Å²) in [6.07, 6.45) is 3.50. The minimum Gasteiger partial charge on any atom is -0.359 e. The van der Waals surface area contributed by atoms with Crippen molar-refractivity contribution in [3.8, 4) is 0 Å². The van der Waals surface area contributed by atoms with Crippen molar-refractivity contribution in [3.05, 3.63) is 70.7 Å². The van der Waals surface area contributed by atoms with E-state index < -0.39 is 0 Å². The molecule has 2 aromatic carbocycles. The number of carbonyl (C=O) groups excluding carboxylic acids is 1. The zero-order chi connectivity index (χ0) is 20.5. The summed E-state index contributed by atoms with van der Waals surface area (Å²) in [7, 11) is 3.80. The van der Waals surface area contributed by atoms with Crippen molar-refractivity contribution in [1.82, 2.24) is 14.8 Å². The molecule has 1 aliphatic rings. The zero-order valence-electron chi connectivity index (χ0n) is 17.1. The number of benzene rings is 2. The second kappa shape index (κ2) is 7.84. The highest BCUT2D eigenvalue weighted by Gasteiger charge is 2.22. The number of aromatic nitrogens is 1. The second-order valence-corrected chi connectivity index (χ2v) is 7.80. The molecule has 0 spiro atoms. The van der Waals surface area contributed by atoms with Gasteiger partial charge in [0.15, 0.2) is 0 Å². The first-order chi connectivity index (χ1) is 14.0. The molecule has 5 heteroatoms. The fourth-order valence-corrected chi connectivity index (χ4v) is 4.09. The van der Waals surface area contributed by atoms with E-state index in [2.05, 4.69) is 47.1 Å². The van der Waals surface area contributed by atoms with Gasteiger partial charge in [0.1, 0.15) is 5.82 Å². The van der Waals surface area contributed by atoms with Gasteiger partial charge in [0, 0.05) is 43.8 Å². The maximum absolute atomic E-state index is 13.3. The minimum absolute atomic E-state index is 0.0156. The van der Waals surface area contributed by atoms with E-state index in [1.165, 1.54) is 28.8 Å². The van der Waals surface area contributed by atoms with Crippen molar-refractivity contribution < 1.29 is 9.18 Å². The summed E-state index contributed by atoms with van der Waals surface area (Å²) < 4.78 is 15.6. The quantitative estimate of drug-likeness (QED) is 0.728. The molecule has 150 valence electrons. The average molecular weight is 391 g/mol. The number of nitrogens with one attached hydrogen (secondary N) is 1. The van der Waals surface area contributed by atoms with Crippen LogP contribution in [-0.2, 0) is 24.2 Å². The highest BCUT2D eigenvalue weighted by Crippen LogP contribution is 2.33. The lowest BCUT2D eigenvalue weighted by atomic mass is 10.0. The lowest BCUT2D eigenvalue weighted by Crippen LogP contribution is -2.26. The van der Waals surface area contributed by atoms with E-state index in [0.29, 0.717) is 6.42 Å². The molecular weight excluding hydrogens is 365 g/mol. The number of hydrogen-bond donors (Lipinski definition) is 1. The normalized spacial score (nSPS) is 14.8. The molecule has 1 N–H and O–H groups in total. The van der Waals surface area contributed by atoms with Crippen LogP contribution in [0.25, 0.3) is 22.7 Å². The van der Waals surface area contributed by atoms with Crippen LogP contribution in [0.4, 0.5) is 4.39 Å². The molecule has 0 fully saturated rings. The maximum Gasteiger partial charge on any atom is 0.224 e. The summed E-state index contributed by atoms with van der Waals surface area (Å²) >= 11 is 0. The minimum atomic E-state index is -0.225. The fourth-order valence-electron chi connectivity index (χ4n) is 4.09. The van der Waals surface area contributed by atoms with Crippen molar-refractivity contribution >= 4 is 28.6 Å². The molecule has 0 saturated heterocycles. The Morgan fingerprint density at radius 2 is 1.97 bits per heavy atom. The van der Waals surface area contributed by atoms with Gasteiger partial charge in [-0.3, -0.25) is 4.79 Å². The van der Waals surface area contributed by atoms with Crippen LogP contribution in [0, 0.1) is 5.82 Å². The molecule has 0 radical (unpaired) electrons. The summed E-state index contributed by atoms with van der Waals surface area (Å²) in [5.74, 6) is -0.209. The number of nitrogens with zero attached hydrogens (tertiary/aromatic N) is 2. The first-order valence-corrected chi connectivity index (χ1v) is 9.94. The Bertz CT molecular complexity index is 1100. The van der Waals surface area contributed by atoms with Crippen LogP contribution in [0.2, 0.25) is 0 Å². The Kier molecular flexibility index (Phi) is 5.24. The fraction of sp³-hybridized carbons (Fsp3) is 0.292. The summed E-state index contributed by atoms with van der Waals surface area (Å²) in [6.45, 7) is 3.96. The molecule has 1 aromatic heterocycles. The molecular formula is C24H26FN3O. The summed E-state index contributed by atoms with van der Waals surface area (Å²) in [5, 5.41) is 3.90. The summed E-state index contributed by atoms with van der Waals surface area (Å²) in [4.78, 5) is 14.2. The molecule has 0 saturated carbocycles. The number of rotatable bonds is 4. The molecule has 29 heavy (non-hydrogen) atoms. The number of fused-ring (bicyclic) bond motifs is 3. The SMILES string of the molecule is CNC(=O)Cc1ccc2c(c1)c1c(n2C=C(C)c2ccc(F)cc2)CCN(C)C1. The van der Waals surface area contributed by atoms with E-state index >= 15 is 0 Å². The van der Waals surface area contributed by atoms with Gasteiger partial charge < -0.3 is 14.8 Å². The van der Waals surface area contributed by atoms with Gasteiger partial charge in [-0.1, -0.05) is 18.2 Å².